The van der Waals surface area contributed by atoms with Crippen molar-refractivity contribution in [2.75, 3.05) is 20.2 Å². The molecular weight excluding hydrogens is 206 g/mol. The van der Waals surface area contributed by atoms with Gasteiger partial charge in [0.05, 0.1) is 12.6 Å². The Morgan fingerprint density at radius 2 is 2.40 bits per heavy atom. The topological polar surface area (TPSA) is 53.3 Å². The minimum atomic E-state index is -3.03. The van der Waals surface area contributed by atoms with E-state index in [4.69, 9.17) is 5.26 Å². The van der Waals surface area contributed by atoms with E-state index in [0.717, 1.165) is 4.90 Å². The van der Waals surface area contributed by atoms with Crippen LogP contribution in [0.4, 0.5) is 8.78 Å². The molecule has 4 nitrogen and oxygen atoms in total. The van der Waals surface area contributed by atoms with Crippen molar-refractivity contribution in [3.63, 3.8) is 0 Å². The van der Waals surface area contributed by atoms with E-state index in [1.54, 1.807) is 6.07 Å². The Hall–Kier alpha value is -1.22. The van der Waals surface area contributed by atoms with Gasteiger partial charge >= 0.3 is 0 Å². The maximum absolute atomic E-state index is 13.3. The van der Waals surface area contributed by atoms with Gasteiger partial charge in [-0.3, -0.25) is 4.79 Å². The lowest BCUT2D eigenvalue weighted by molar-refractivity contribution is -0.172. The average molecular weight is 218 g/mol. The second kappa shape index (κ2) is 4.53. The van der Waals surface area contributed by atoms with Crippen molar-refractivity contribution in [3.05, 3.63) is 0 Å². The van der Waals surface area contributed by atoms with Gasteiger partial charge in [0.25, 0.3) is 5.92 Å². The third-order valence-electron chi connectivity index (χ3n) is 2.40. The van der Waals surface area contributed by atoms with Crippen LogP contribution in [-0.4, -0.2) is 43.0 Å². The Morgan fingerprint density at radius 3 is 2.87 bits per heavy atom. The highest BCUT2D eigenvalue weighted by Gasteiger charge is 2.45. The monoisotopic (exact) mass is 218 g/mol. The predicted octanol–water partition coefficient (Wildman–Crippen LogP) is 0.783. The number of amides is 1. The number of carbonyl (C=O) groups excluding carboxylic acids is 1. The molecule has 15 heavy (non-hydrogen) atoms. The Kier molecular flexibility index (Phi) is 3.58. The van der Waals surface area contributed by atoms with Crippen LogP contribution < -0.4 is 0 Å². The molecule has 0 bridgehead atoms. The number of carbonyl (C=O) groups is 1. The van der Waals surface area contributed by atoms with Crippen LogP contribution in [0.15, 0.2) is 0 Å². The number of likely N-dealkylation sites (tertiary alicyclic amines) is 1. The van der Waals surface area contributed by atoms with Crippen LogP contribution in [0.5, 0.6) is 0 Å². The van der Waals surface area contributed by atoms with Gasteiger partial charge in [-0.05, 0) is 6.42 Å². The lowest BCUT2D eigenvalue weighted by Crippen LogP contribution is -2.53. The maximum Gasteiger partial charge on any atom is 0.290 e. The van der Waals surface area contributed by atoms with Crippen molar-refractivity contribution in [1.82, 2.24) is 4.90 Å². The second-order valence-corrected chi connectivity index (χ2v) is 3.42. The number of halogens is 2. The van der Waals surface area contributed by atoms with Crippen LogP contribution in [0.25, 0.3) is 0 Å². The van der Waals surface area contributed by atoms with E-state index in [-0.39, 0.29) is 19.4 Å². The highest BCUT2D eigenvalue weighted by Crippen LogP contribution is 2.29. The van der Waals surface area contributed by atoms with Gasteiger partial charge < -0.3 is 9.64 Å². The van der Waals surface area contributed by atoms with Gasteiger partial charge in [0.15, 0.2) is 0 Å². The molecule has 1 atom stereocenters. The highest BCUT2D eigenvalue weighted by molar-refractivity contribution is 5.78. The number of alkyl halides is 2. The number of methoxy groups -OCH3 is 1. The van der Waals surface area contributed by atoms with Crippen molar-refractivity contribution in [3.8, 4) is 6.07 Å². The van der Waals surface area contributed by atoms with E-state index >= 15 is 0 Å². The van der Waals surface area contributed by atoms with E-state index < -0.39 is 24.5 Å². The smallest absolute Gasteiger partial charge is 0.290 e. The number of ether oxygens (including phenoxy) is 1. The highest BCUT2D eigenvalue weighted by atomic mass is 19.3. The summed E-state index contributed by atoms with van der Waals surface area (Å²) in [5, 5.41) is 8.29. The molecule has 0 unspecified atom stereocenters. The summed E-state index contributed by atoms with van der Waals surface area (Å²) in [7, 11) is 1.23. The molecule has 0 spiro atoms. The number of rotatable bonds is 2. The SMILES string of the molecule is CO[C@H]1CCN(C(=O)CC#N)CC1(F)F. The fourth-order valence-corrected chi connectivity index (χ4v) is 1.60. The molecule has 0 aliphatic carbocycles. The molecule has 0 aromatic heterocycles. The summed E-state index contributed by atoms with van der Waals surface area (Å²) in [6, 6.07) is 1.65. The molecule has 1 saturated heterocycles. The van der Waals surface area contributed by atoms with Crippen LogP contribution in [0, 0.1) is 11.3 Å². The molecule has 0 aromatic carbocycles. The van der Waals surface area contributed by atoms with E-state index in [1.807, 2.05) is 0 Å². The minimum Gasteiger partial charge on any atom is -0.375 e. The zero-order valence-electron chi connectivity index (χ0n) is 8.37. The second-order valence-electron chi connectivity index (χ2n) is 3.42. The molecule has 1 amide bonds. The van der Waals surface area contributed by atoms with E-state index in [2.05, 4.69) is 4.74 Å². The summed E-state index contributed by atoms with van der Waals surface area (Å²) in [4.78, 5) is 12.2. The number of hydrogen-bond acceptors (Lipinski definition) is 3. The van der Waals surface area contributed by atoms with Gasteiger partial charge in [0, 0.05) is 13.7 Å². The van der Waals surface area contributed by atoms with Gasteiger partial charge in [0.1, 0.15) is 12.5 Å². The lowest BCUT2D eigenvalue weighted by Gasteiger charge is -2.37. The van der Waals surface area contributed by atoms with Crippen LogP contribution in [0.2, 0.25) is 0 Å². The third kappa shape index (κ3) is 2.63. The number of hydrogen-bond donors (Lipinski definition) is 0. The Balaban J connectivity index is 2.62. The average Bonchev–Trinajstić information content (AvgIpc) is 2.16. The zero-order chi connectivity index (χ0) is 11.5. The number of piperidine rings is 1. The first-order valence-electron chi connectivity index (χ1n) is 4.56. The Labute approximate surface area is 86.4 Å². The van der Waals surface area contributed by atoms with Gasteiger partial charge in [-0.25, -0.2) is 8.78 Å². The summed E-state index contributed by atoms with van der Waals surface area (Å²) in [6.45, 7) is -0.444. The summed E-state index contributed by atoms with van der Waals surface area (Å²) in [5.74, 6) is -3.58. The van der Waals surface area contributed by atoms with Crippen molar-refractivity contribution >= 4 is 5.91 Å². The van der Waals surface area contributed by atoms with E-state index in [1.165, 1.54) is 7.11 Å². The first-order chi connectivity index (χ1) is 7.01. The fourth-order valence-electron chi connectivity index (χ4n) is 1.60. The van der Waals surface area contributed by atoms with Crippen molar-refractivity contribution in [2.24, 2.45) is 0 Å². The van der Waals surface area contributed by atoms with Crippen molar-refractivity contribution < 1.29 is 18.3 Å². The molecule has 0 radical (unpaired) electrons. The normalized spacial score (nSPS) is 24.7. The maximum atomic E-state index is 13.3. The lowest BCUT2D eigenvalue weighted by atomic mass is 10.0. The first-order valence-corrected chi connectivity index (χ1v) is 4.56. The molecule has 1 aliphatic heterocycles. The molecule has 1 aliphatic rings. The zero-order valence-corrected chi connectivity index (χ0v) is 8.37. The van der Waals surface area contributed by atoms with E-state index in [0.29, 0.717) is 0 Å². The summed E-state index contributed by atoms with van der Waals surface area (Å²) < 4.78 is 31.3. The summed E-state index contributed by atoms with van der Waals surface area (Å²) in [5.41, 5.74) is 0. The Bertz CT molecular complexity index is 288. The van der Waals surface area contributed by atoms with Gasteiger partial charge in [-0.1, -0.05) is 0 Å². The molecule has 0 aromatic rings. The molecule has 84 valence electrons. The molecule has 1 heterocycles. The number of nitrogens with zero attached hydrogens (tertiary/aromatic N) is 2. The molecule has 1 fully saturated rings. The van der Waals surface area contributed by atoms with E-state index in [9.17, 15) is 13.6 Å². The molecule has 6 heteroatoms. The molecule has 0 N–H and O–H groups in total. The third-order valence-corrected chi connectivity index (χ3v) is 2.40. The fraction of sp³-hybridized carbons (Fsp3) is 0.778. The minimum absolute atomic E-state index is 0.0979. The first kappa shape index (κ1) is 11.9. The number of nitriles is 1. The largest absolute Gasteiger partial charge is 0.375 e. The van der Waals surface area contributed by atoms with Crippen LogP contribution in [0.3, 0.4) is 0 Å². The van der Waals surface area contributed by atoms with Crippen LogP contribution >= 0.6 is 0 Å². The predicted molar refractivity (Wildman–Crippen MR) is 47.2 cm³/mol. The standard InChI is InChI=1S/C9H12F2N2O2/c1-15-7-3-5-13(6-9(7,10)11)8(14)2-4-12/h7H,2-3,5-6H2,1H3/t7-/m0/s1. The van der Waals surface area contributed by atoms with Crippen LogP contribution in [0.1, 0.15) is 12.8 Å². The quantitative estimate of drug-likeness (QED) is 0.688. The van der Waals surface area contributed by atoms with Crippen molar-refractivity contribution in [1.29, 1.82) is 5.26 Å². The van der Waals surface area contributed by atoms with Gasteiger partial charge in [0.2, 0.25) is 5.91 Å². The molecule has 0 saturated carbocycles. The summed E-state index contributed by atoms with van der Waals surface area (Å²) in [6.07, 6.45) is -1.39. The van der Waals surface area contributed by atoms with Crippen LogP contribution in [-0.2, 0) is 9.53 Å². The Morgan fingerprint density at radius 1 is 1.73 bits per heavy atom. The molecule has 1 rings (SSSR count). The van der Waals surface area contributed by atoms with Gasteiger partial charge in [-0.15, -0.1) is 0 Å². The van der Waals surface area contributed by atoms with Gasteiger partial charge in [-0.2, -0.15) is 5.26 Å². The van der Waals surface area contributed by atoms with Crippen molar-refractivity contribution in [2.45, 2.75) is 24.9 Å². The summed E-state index contributed by atoms with van der Waals surface area (Å²) >= 11 is 0. The molecular formula is C9H12F2N2O2.